The minimum absolute atomic E-state index is 0.0124. The Morgan fingerprint density at radius 2 is 1.61 bits per heavy atom. The van der Waals surface area contributed by atoms with Gasteiger partial charge in [-0.15, -0.1) is 0 Å². The zero-order valence-corrected chi connectivity index (χ0v) is 19.2. The molecule has 0 unspecified atom stereocenters. The summed E-state index contributed by atoms with van der Waals surface area (Å²) in [5.41, 5.74) is 3.57. The number of carbonyl (C=O) groups is 3. The van der Waals surface area contributed by atoms with Gasteiger partial charge in [-0.3, -0.25) is 4.79 Å². The molecule has 7 nitrogen and oxygen atoms in total. The van der Waals surface area contributed by atoms with Crippen LogP contribution in [-0.2, 0) is 14.3 Å². The highest BCUT2D eigenvalue weighted by atomic mass is 32.2. The van der Waals surface area contributed by atoms with Crippen LogP contribution in [-0.4, -0.2) is 53.3 Å². The molecule has 0 aliphatic heterocycles. The molecule has 33 heavy (non-hydrogen) atoms. The van der Waals surface area contributed by atoms with Crippen LogP contribution >= 0.6 is 11.8 Å². The van der Waals surface area contributed by atoms with E-state index in [1.807, 2.05) is 24.3 Å². The van der Waals surface area contributed by atoms with Crippen molar-refractivity contribution in [2.75, 3.05) is 24.7 Å². The number of fused-ring (bicyclic) bond motifs is 3. The van der Waals surface area contributed by atoms with E-state index in [0.717, 1.165) is 24.0 Å². The summed E-state index contributed by atoms with van der Waals surface area (Å²) in [6.07, 6.45) is 2.08. The van der Waals surface area contributed by atoms with Gasteiger partial charge in [0.25, 0.3) is 0 Å². The van der Waals surface area contributed by atoms with E-state index in [4.69, 9.17) is 4.74 Å². The Balaban J connectivity index is 1.17. The average molecular weight is 469 g/mol. The monoisotopic (exact) mass is 468 g/mol. The molecule has 0 aromatic heterocycles. The number of carboxylic acids is 1. The molecule has 1 fully saturated rings. The van der Waals surface area contributed by atoms with E-state index in [9.17, 15) is 19.5 Å². The zero-order valence-electron chi connectivity index (χ0n) is 18.3. The Labute approximate surface area is 197 Å². The summed E-state index contributed by atoms with van der Waals surface area (Å²) in [5, 5.41) is 14.8. The number of hydrogen-bond acceptors (Lipinski definition) is 5. The van der Waals surface area contributed by atoms with Gasteiger partial charge in [0.05, 0.1) is 5.75 Å². The van der Waals surface area contributed by atoms with Crippen molar-refractivity contribution < 1.29 is 24.2 Å². The van der Waals surface area contributed by atoms with E-state index < -0.39 is 17.6 Å². The largest absolute Gasteiger partial charge is 0.480 e. The lowest BCUT2D eigenvalue weighted by Gasteiger charge is -2.25. The third-order valence-electron chi connectivity index (χ3n) is 6.34. The van der Waals surface area contributed by atoms with E-state index in [1.54, 1.807) is 0 Å². The summed E-state index contributed by atoms with van der Waals surface area (Å²) in [5.74, 6) is -0.557. The summed E-state index contributed by atoms with van der Waals surface area (Å²) in [6, 6.07) is 16.3. The van der Waals surface area contributed by atoms with E-state index >= 15 is 0 Å². The standard InChI is InChI=1S/C25H28N2O5S/c28-22(27-25(23(29)30)11-5-6-12-25)16-33-14-13-26-24(31)32-15-21-19-9-3-1-7-17(19)18-8-2-4-10-20(18)21/h1-4,7-10,21H,5-6,11-16H2,(H,26,31)(H,27,28)(H,29,30). The van der Waals surface area contributed by atoms with Gasteiger partial charge in [-0.2, -0.15) is 11.8 Å². The van der Waals surface area contributed by atoms with Crippen LogP contribution in [0, 0.1) is 0 Å². The minimum Gasteiger partial charge on any atom is -0.480 e. The smallest absolute Gasteiger partial charge is 0.407 e. The lowest BCUT2D eigenvalue weighted by Crippen LogP contribution is -2.53. The Kier molecular flexibility index (Phi) is 7.23. The number of thioether (sulfide) groups is 1. The minimum atomic E-state index is -1.11. The Hall–Kier alpha value is -3.00. The van der Waals surface area contributed by atoms with Crippen LogP contribution in [0.3, 0.4) is 0 Å². The lowest BCUT2D eigenvalue weighted by atomic mass is 9.98. The van der Waals surface area contributed by atoms with Gasteiger partial charge in [0.2, 0.25) is 5.91 Å². The number of carboxylic acid groups (broad SMARTS) is 1. The number of rotatable bonds is 9. The van der Waals surface area contributed by atoms with Crippen molar-refractivity contribution in [1.82, 2.24) is 10.6 Å². The normalized spacial score (nSPS) is 16.0. The molecule has 0 saturated heterocycles. The number of alkyl carbamates (subject to hydrolysis) is 1. The first-order valence-electron chi connectivity index (χ1n) is 11.2. The molecule has 4 rings (SSSR count). The van der Waals surface area contributed by atoms with Crippen LogP contribution in [0.5, 0.6) is 0 Å². The molecule has 2 amide bonds. The Morgan fingerprint density at radius 3 is 2.21 bits per heavy atom. The van der Waals surface area contributed by atoms with Gasteiger partial charge in [0.1, 0.15) is 12.1 Å². The molecular weight excluding hydrogens is 440 g/mol. The Bertz CT molecular complexity index is 989. The number of carbonyl (C=O) groups excluding carboxylic acids is 2. The second-order valence-corrected chi connectivity index (χ2v) is 9.55. The van der Waals surface area contributed by atoms with Crippen LogP contribution in [0.1, 0.15) is 42.7 Å². The van der Waals surface area contributed by atoms with Crippen LogP contribution in [0.25, 0.3) is 11.1 Å². The number of benzene rings is 2. The van der Waals surface area contributed by atoms with Crippen molar-refractivity contribution in [2.24, 2.45) is 0 Å². The SMILES string of the molecule is O=C(CSCCNC(=O)OCC1c2ccccc2-c2ccccc21)NC1(C(=O)O)CCCC1. The molecule has 1 saturated carbocycles. The van der Waals surface area contributed by atoms with Crippen LogP contribution in [0.2, 0.25) is 0 Å². The van der Waals surface area contributed by atoms with Crippen molar-refractivity contribution in [1.29, 1.82) is 0 Å². The molecule has 0 radical (unpaired) electrons. The molecule has 0 heterocycles. The molecule has 2 aromatic carbocycles. The summed E-state index contributed by atoms with van der Waals surface area (Å²) in [4.78, 5) is 35.9. The number of nitrogens with one attached hydrogen (secondary N) is 2. The summed E-state index contributed by atoms with van der Waals surface area (Å²) >= 11 is 1.35. The van der Waals surface area contributed by atoms with Crippen LogP contribution in [0.4, 0.5) is 4.79 Å². The third kappa shape index (κ3) is 5.16. The number of aliphatic carboxylic acids is 1. The lowest BCUT2D eigenvalue weighted by molar-refractivity contribution is -0.147. The second-order valence-electron chi connectivity index (χ2n) is 8.45. The van der Waals surface area contributed by atoms with Crippen molar-refractivity contribution in [3.63, 3.8) is 0 Å². The van der Waals surface area contributed by atoms with Crippen molar-refractivity contribution in [3.05, 3.63) is 59.7 Å². The number of ether oxygens (including phenoxy) is 1. The van der Waals surface area contributed by atoms with Crippen LogP contribution in [0.15, 0.2) is 48.5 Å². The van der Waals surface area contributed by atoms with E-state index in [0.29, 0.717) is 25.1 Å². The molecule has 3 N–H and O–H groups in total. The number of hydrogen-bond donors (Lipinski definition) is 3. The summed E-state index contributed by atoms with van der Waals surface area (Å²) in [6.45, 7) is 0.616. The topological polar surface area (TPSA) is 105 Å². The predicted molar refractivity (Wildman–Crippen MR) is 127 cm³/mol. The highest BCUT2D eigenvalue weighted by Crippen LogP contribution is 2.44. The first kappa shape index (κ1) is 23.2. The molecule has 0 atom stereocenters. The molecule has 0 spiro atoms. The van der Waals surface area contributed by atoms with E-state index in [-0.39, 0.29) is 24.2 Å². The first-order chi connectivity index (χ1) is 16.0. The number of amides is 2. The first-order valence-corrected chi connectivity index (χ1v) is 12.4. The van der Waals surface area contributed by atoms with Gasteiger partial charge in [0, 0.05) is 18.2 Å². The van der Waals surface area contributed by atoms with Gasteiger partial charge in [-0.05, 0) is 35.1 Å². The van der Waals surface area contributed by atoms with Gasteiger partial charge >= 0.3 is 12.1 Å². The summed E-state index contributed by atoms with van der Waals surface area (Å²) < 4.78 is 5.49. The average Bonchev–Trinajstić information content (AvgIpc) is 3.41. The highest BCUT2D eigenvalue weighted by Gasteiger charge is 2.42. The fourth-order valence-corrected chi connectivity index (χ4v) is 5.36. The van der Waals surface area contributed by atoms with Crippen LogP contribution < -0.4 is 10.6 Å². The molecule has 2 aliphatic rings. The van der Waals surface area contributed by atoms with Gasteiger partial charge in [-0.1, -0.05) is 61.4 Å². The van der Waals surface area contributed by atoms with E-state index in [2.05, 4.69) is 34.9 Å². The molecule has 2 aromatic rings. The van der Waals surface area contributed by atoms with Gasteiger partial charge in [0.15, 0.2) is 0 Å². The van der Waals surface area contributed by atoms with Crippen molar-refractivity contribution in [3.8, 4) is 11.1 Å². The molecule has 8 heteroatoms. The highest BCUT2D eigenvalue weighted by molar-refractivity contribution is 7.99. The quantitative estimate of drug-likeness (QED) is 0.484. The fourth-order valence-electron chi connectivity index (χ4n) is 4.71. The van der Waals surface area contributed by atoms with Crippen molar-refractivity contribution in [2.45, 2.75) is 37.1 Å². The molecule has 0 bridgehead atoms. The van der Waals surface area contributed by atoms with E-state index in [1.165, 1.54) is 22.9 Å². The summed E-state index contributed by atoms with van der Waals surface area (Å²) in [7, 11) is 0. The second kappa shape index (κ2) is 10.3. The zero-order chi connectivity index (χ0) is 23.3. The maximum atomic E-state index is 12.2. The maximum absolute atomic E-state index is 12.2. The van der Waals surface area contributed by atoms with Crippen molar-refractivity contribution >= 4 is 29.7 Å². The third-order valence-corrected chi connectivity index (χ3v) is 7.30. The predicted octanol–water partition coefficient (Wildman–Crippen LogP) is 3.77. The molecular formula is C25H28N2O5S. The van der Waals surface area contributed by atoms with Gasteiger partial charge in [-0.25, -0.2) is 9.59 Å². The Morgan fingerprint density at radius 1 is 1.00 bits per heavy atom. The molecule has 2 aliphatic carbocycles. The fraction of sp³-hybridized carbons (Fsp3) is 0.400. The molecule has 174 valence electrons. The maximum Gasteiger partial charge on any atom is 0.407 e. The van der Waals surface area contributed by atoms with Gasteiger partial charge < -0.3 is 20.5 Å².